The van der Waals surface area contributed by atoms with E-state index >= 15 is 0 Å². The number of carbonyl (C=O) groups excluding carboxylic acids is 2. The number of alkyl halides is 1. The number of carbonyl (C=O) groups is 2. The Morgan fingerprint density at radius 1 is 1.13 bits per heavy atom. The maximum atomic E-state index is 14.8. The zero-order valence-corrected chi connectivity index (χ0v) is 15.1. The van der Waals surface area contributed by atoms with Gasteiger partial charge >= 0.3 is 6.09 Å². The second kappa shape index (κ2) is 5.64. The molecule has 2 saturated heterocycles. The summed E-state index contributed by atoms with van der Waals surface area (Å²) in [6, 6.07) is 0. The number of ether oxygens (including phenoxy) is 1. The van der Waals surface area contributed by atoms with E-state index in [2.05, 4.69) is 20.8 Å². The van der Waals surface area contributed by atoms with Crippen LogP contribution >= 0.6 is 0 Å². The number of nitrogens with zero attached hydrogens (tertiary/aromatic N) is 2. The van der Waals surface area contributed by atoms with Crippen molar-refractivity contribution in [1.82, 2.24) is 9.80 Å². The van der Waals surface area contributed by atoms with Gasteiger partial charge in [-0.1, -0.05) is 20.8 Å². The maximum absolute atomic E-state index is 14.8. The van der Waals surface area contributed by atoms with E-state index < -0.39 is 23.3 Å². The molecule has 0 aromatic carbocycles. The molecule has 132 valence electrons. The fourth-order valence-corrected chi connectivity index (χ4v) is 3.06. The van der Waals surface area contributed by atoms with Crippen molar-refractivity contribution in [1.29, 1.82) is 0 Å². The lowest BCUT2D eigenvalue weighted by molar-refractivity contribution is -0.154. The Balaban J connectivity index is 1.92. The van der Waals surface area contributed by atoms with Crippen LogP contribution in [0.15, 0.2) is 0 Å². The van der Waals surface area contributed by atoms with E-state index in [9.17, 15) is 14.0 Å². The number of likely N-dealkylation sites (tertiary alicyclic amines) is 2. The molecule has 0 unspecified atom stereocenters. The van der Waals surface area contributed by atoms with Crippen molar-refractivity contribution in [3.05, 3.63) is 0 Å². The average Bonchev–Trinajstić information content (AvgIpc) is 2.76. The molecule has 2 amide bonds. The van der Waals surface area contributed by atoms with Crippen LogP contribution < -0.4 is 0 Å². The summed E-state index contributed by atoms with van der Waals surface area (Å²) < 4.78 is 20.0. The lowest BCUT2D eigenvalue weighted by atomic mass is 9.78. The van der Waals surface area contributed by atoms with Gasteiger partial charge in [0.15, 0.2) is 0 Å². The van der Waals surface area contributed by atoms with Crippen molar-refractivity contribution in [3.63, 3.8) is 0 Å². The number of rotatable bonds is 2. The van der Waals surface area contributed by atoms with Crippen LogP contribution in [0.3, 0.4) is 0 Å². The molecule has 0 radical (unpaired) electrons. The van der Waals surface area contributed by atoms with Crippen molar-refractivity contribution >= 4 is 12.0 Å². The summed E-state index contributed by atoms with van der Waals surface area (Å²) in [6.45, 7) is 12.4. The summed E-state index contributed by atoms with van der Waals surface area (Å²) >= 11 is 0. The van der Waals surface area contributed by atoms with E-state index in [0.29, 0.717) is 19.0 Å². The van der Waals surface area contributed by atoms with Crippen molar-refractivity contribution in [2.24, 2.45) is 11.3 Å². The van der Waals surface area contributed by atoms with Gasteiger partial charge in [0.2, 0.25) is 5.67 Å². The Bertz CT molecular complexity index is 495. The molecule has 0 spiro atoms. The molecule has 0 aliphatic carbocycles. The van der Waals surface area contributed by atoms with Gasteiger partial charge in [-0.25, -0.2) is 9.18 Å². The van der Waals surface area contributed by atoms with Crippen molar-refractivity contribution in [2.45, 2.75) is 59.2 Å². The molecule has 23 heavy (non-hydrogen) atoms. The Labute approximate surface area is 138 Å². The van der Waals surface area contributed by atoms with E-state index in [1.807, 2.05) is 0 Å². The van der Waals surface area contributed by atoms with E-state index in [1.165, 1.54) is 4.90 Å². The van der Waals surface area contributed by atoms with Gasteiger partial charge in [0.05, 0.1) is 13.1 Å². The molecule has 2 aliphatic heterocycles. The summed E-state index contributed by atoms with van der Waals surface area (Å²) in [5.74, 6) is -0.0443. The quantitative estimate of drug-likeness (QED) is 0.783. The first-order valence-corrected chi connectivity index (χ1v) is 8.33. The number of hydrogen-bond donors (Lipinski definition) is 0. The van der Waals surface area contributed by atoms with E-state index in [0.717, 1.165) is 6.42 Å². The minimum Gasteiger partial charge on any atom is -0.444 e. The Morgan fingerprint density at radius 3 is 2.13 bits per heavy atom. The normalized spacial score (nSPS) is 27.1. The van der Waals surface area contributed by atoms with Gasteiger partial charge in [-0.2, -0.15) is 0 Å². The van der Waals surface area contributed by atoms with Crippen LogP contribution in [0.4, 0.5) is 9.18 Å². The number of halogens is 1. The van der Waals surface area contributed by atoms with Crippen LogP contribution in [0.1, 0.15) is 48.0 Å². The number of hydrogen-bond acceptors (Lipinski definition) is 3. The molecular formula is C17H29FN2O3. The molecule has 2 aliphatic rings. The largest absolute Gasteiger partial charge is 0.444 e. The molecule has 6 heteroatoms. The highest BCUT2D eigenvalue weighted by Gasteiger charge is 2.56. The zero-order valence-electron chi connectivity index (χ0n) is 15.1. The van der Waals surface area contributed by atoms with Crippen LogP contribution in [0.2, 0.25) is 0 Å². The van der Waals surface area contributed by atoms with Gasteiger partial charge in [-0.15, -0.1) is 0 Å². The lowest BCUT2D eigenvalue weighted by Gasteiger charge is -2.44. The smallest absolute Gasteiger partial charge is 0.410 e. The predicted octanol–water partition coefficient (Wildman–Crippen LogP) is 2.84. The summed E-state index contributed by atoms with van der Waals surface area (Å²) in [5, 5.41) is 0. The fraction of sp³-hybridized carbons (Fsp3) is 0.882. The van der Waals surface area contributed by atoms with Gasteiger partial charge in [0, 0.05) is 13.1 Å². The molecule has 2 heterocycles. The lowest BCUT2D eigenvalue weighted by Crippen LogP contribution is -2.68. The minimum absolute atomic E-state index is 0.0423. The fourth-order valence-electron chi connectivity index (χ4n) is 3.06. The zero-order chi connectivity index (χ0) is 17.6. The minimum atomic E-state index is -1.96. The molecule has 0 aromatic rings. The molecule has 0 aromatic heterocycles. The summed E-state index contributed by atoms with van der Waals surface area (Å²) in [7, 11) is 0. The second-order valence-electron chi connectivity index (χ2n) is 8.59. The Morgan fingerprint density at radius 2 is 1.70 bits per heavy atom. The highest BCUT2D eigenvalue weighted by molar-refractivity contribution is 5.89. The molecule has 2 fully saturated rings. The monoisotopic (exact) mass is 328 g/mol. The van der Waals surface area contributed by atoms with Crippen molar-refractivity contribution < 1.29 is 18.7 Å². The van der Waals surface area contributed by atoms with Crippen LogP contribution in [-0.2, 0) is 9.53 Å². The summed E-state index contributed by atoms with van der Waals surface area (Å²) in [5.41, 5.74) is -2.54. The Kier molecular flexibility index (Phi) is 4.41. The molecule has 2 rings (SSSR count). The predicted molar refractivity (Wildman–Crippen MR) is 85.8 cm³/mol. The van der Waals surface area contributed by atoms with Crippen molar-refractivity contribution in [2.75, 3.05) is 26.2 Å². The average molecular weight is 328 g/mol. The molecule has 0 N–H and O–H groups in total. The first-order valence-electron chi connectivity index (χ1n) is 8.33. The molecule has 0 bridgehead atoms. The first-order chi connectivity index (χ1) is 10.4. The Hall–Kier alpha value is -1.33. The standard InChI is InChI=1S/C17H29FN2O3/c1-12(2)16(6)7-8-19(9-16)13(21)17(18)10-20(11-17)14(22)23-15(3,4)5/h12H,7-11H2,1-6H3/t16-/m1/s1. The number of amides is 2. The summed E-state index contributed by atoms with van der Waals surface area (Å²) in [4.78, 5) is 27.2. The second-order valence-corrected chi connectivity index (χ2v) is 8.59. The van der Waals surface area contributed by atoms with Crippen LogP contribution in [-0.4, -0.2) is 59.2 Å². The molecule has 1 atom stereocenters. The third-order valence-electron chi connectivity index (χ3n) is 5.10. The highest BCUT2D eigenvalue weighted by Crippen LogP contribution is 2.39. The van der Waals surface area contributed by atoms with Crippen molar-refractivity contribution in [3.8, 4) is 0 Å². The van der Waals surface area contributed by atoms with Crippen LogP contribution in [0, 0.1) is 11.3 Å². The summed E-state index contributed by atoms with van der Waals surface area (Å²) in [6.07, 6.45) is 0.328. The van der Waals surface area contributed by atoms with E-state index in [-0.39, 0.29) is 18.5 Å². The third kappa shape index (κ3) is 3.61. The van der Waals surface area contributed by atoms with Crippen LogP contribution in [0.25, 0.3) is 0 Å². The molecule has 5 nitrogen and oxygen atoms in total. The maximum Gasteiger partial charge on any atom is 0.410 e. The van der Waals surface area contributed by atoms with Crippen LogP contribution in [0.5, 0.6) is 0 Å². The molecule has 0 saturated carbocycles. The third-order valence-corrected chi connectivity index (χ3v) is 5.10. The van der Waals surface area contributed by atoms with Gasteiger partial charge in [-0.3, -0.25) is 4.79 Å². The SMILES string of the molecule is CC(C)[C@]1(C)CCN(C(=O)C2(F)CN(C(=O)OC(C)(C)C)C2)C1. The van der Waals surface area contributed by atoms with Gasteiger partial charge in [0.1, 0.15) is 5.60 Å². The first kappa shape index (κ1) is 18.0. The van der Waals surface area contributed by atoms with Gasteiger partial charge in [0.25, 0.3) is 5.91 Å². The molecular weight excluding hydrogens is 299 g/mol. The highest BCUT2D eigenvalue weighted by atomic mass is 19.1. The van der Waals surface area contributed by atoms with Gasteiger partial charge in [-0.05, 0) is 38.5 Å². The topological polar surface area (TPSA) is 49.9 Å². The van der Waals surface area contributed by atoms with Gasteiger partial charge < -0.3 is 14.5 Å². The van der Waals surface area contributed by atoms with E-state index in [4.69, 9.17) is 4.74 Å². The van der Waals surface area contributed by atoms with E-state index in [1.54, 1.807) is 25.7 Å².